The van der Waals surface area contributed by atoms with Gasteiger partial charge in [-0.25, -0.2) is 0 Å². The summed E-state index contributed by atoms with van der Waals surface area (Å²) >= 11 is 0. The monoisotopic (exact) mass is 192 g/mol. The number of hydrogen-bond donors (Lipinski definition) is 2. The van der Waals surface area contributed by atoms with Crippen LogP contribution in [0.3, 0.4) is 0 Å². The molecule has 0 saturated heterocycles. The van der Waals surface area contributed by atoms with E-state index in [1.165, 1.54) is 0 Å². The van der Waals surface area contributed by atoms with Crippen LogP contribution in [0.1, 0.15) is 2.85 Å². The van der Waals surface area contributed by atoms with E-state index in [-0.39, 0.29) is 60.4 Å². The summed E-state index contributed by atoms with van der Waals surface area (Å²) < 4.78 is 8.74. The molecule has 0 aliphatic carbocycles. The van der Waals surface area contributed by atoms with Gasteiger partial charge in [0.2, 0.25) is 0 Å². The summed E-state index contributed by atoms with van der Waals surface area (Å²) in [5.74, 6) is 0. The van der Waals surface area contributed by atoms with Gasteiger partial charge >= 0.3 is 66.7 Å². The van der Waals surface area contributed by atoms with Gasteiger partial charge in [-0.15, -0.1) is 0 Å². The first-order valence-electron chi connectivity index (χ1n) is 0.651. The van der Waals surface area contributed by atoms with Crippen LogP contribution < -0.4 is 0 Å². The zero-order chi connectivity index (χ0) is 3.58. The number of hydrogen-bond acceptors (Lipinski definition) is 1. The minimum Gasteiger partial charge on any atom is -1.00 e. The molecule has 6 heteroatoms. The first-order chi connectivity index (χ1) is 1.73. The largest absolute Gasteiger partial charge is 1.00 e. The van der Waals surface area contributed by atoms with Crippen LogP contribution in [-0.4, -0.2) is 76.3 Å². The molecule has 6 heavy (non-hydrogen) atoms. The Morgan fingerprint density at radius 2 is 1.50 bits per heavy atom. The van der Waals surface area contributed by atoms with Gasteiger partial charge in [0.1, 0.15) is 0 Å². The van der Waals surface area contributed by atoms with Crippen molar-refractivity contribution in [3.8, 4) is 0 Å². The second-order valence-corrected chi connectivity index (χ2v) is 0.848. The maximum Gasteiger partial charge on any atom is -1.00 e. The van der Waals surface area contributed by atoms with E-state index >= 15 is 0 Å². The van der Waals surface area contributed by atoms with Crippen LogP contribution in [0.2, 0.25) is 0 Å². The van der Waals surface area contributed by atoms with Crippen molar-refractivity contribution in [2.75, 3.05) is 0 Å². The zero-order valence-corrected chi connectivity index (χ0v) is 5.72. The Hall–Kier alpha value is 1.51. The third-order valence-corrected chi connectivity index (χ3v) is 0. The maximum absolute atomic E-state index is 8.74. The molecule has 0 aliphatic rings. The Morgan fingerprint density at radius 1 is 1.50 bits per heavy atom. The van der Waals surface area contributed by atoms with E-state index in [1.807, 2.05) is 0 Å². The van der Waals surface area contributed by atoms with Crippen LogP contribution in [0.5, 0.6) is 0 Å². The van der Waals surface area contributed by atoms with Crippen LogP contribution in [0.25, 0.3) is 0 Å². The normalized spacial score (nSPS) is 4.00. The second kappa shape index (κ2) is 9.72. The fourth-order valence-corrected chi connectivity index (χ4v) is 0. The third kappa shape index (κ3) is 49.1. The smallest absolute Gasteiger partial charge is 1.00 e. The molecule has 0 unspecified atom stereocenters. The fraction of sp³-hybridized carbons (Fsp3) is 0. The van der Waals surface area contributed by atoms with Gasteiger partial charge in [0.05, 0.1) is 0 Å². The van der Waals surface area contributed by atoms with E-state index in [0.717, 1.165) is 0 Å². The minimum atomic E-state index is -3.13. The van der Waals surface area contributed by atoms with E-state index in [1.54, 1.807) is 0 Å². The molecule has 0 atom stereocenters. The zero-order valence-electron chi connectivity index (χ0n) is 4.51. The maximum atomic E-state index is 8.74. The SMILES string of the molecule is O=[Si](O)O.[Ca+2].[GaH3].[H-].[H-]. The number of rotatable bonds is 0. The van der Waals surface area contributed by atoms with E-state index in [9.17, 15) is 0 Å². The Morgan fingerprint density at radius 3 is 1.50 bits per heavy atom. The molecular weight excluding hydrogens is 186 g/mol. The molecule has 2 N–H and O–H groups in total. The van der Waals surface area contributed by atoms with Gasteiger partial charge in [0.25, 0.3) is 0 Å². The molecule has 0 bridgehead atoms. The summed E-state index contributed by atoms with van der Waals surface area (Å²) in [6.45, 7) is 0. The molecule has 0 aromatic heterocycles. The van der Waals surface area contributed by atoms with E-state index in [2.05, 4.69) is 0 Å². The Balaban J connectivity index is -0.00000000750. The van der Waals surface area contributed by atoms with Gasteiger partial charge in [0.15, 0.2) is 0 Å². The fourth-order valence-electron chi connectivity index (χ4n) is 0. The van der Waals surface area contributed by atoms with Crippen molar-refractivity contribution >= 4 is 66.7 Å². The molecule has 0 spiro atoms. The van der Waals surface area contributed by atoms with Crippen molar-refractivity contribution in [2.45, 2.75) is 0 Å². The predicted molar refractivity (Wildman–Crippen MR) is 28.8 cm³/mol. The quantitative estimate of drug-likeness (QED) is 0.404. The van der Waals surface area contributed by atoms with Gasteiger partial charge in [0, 0.05) is 0 Å². The van der Waals surface area contributed by atoms with E-state index in [0.29, 0.717) is 0 Å². The van der Waals surface area contributed by atoms with Crippen LogP contribution in [0.4, 0.5) is 0 Å². The molecule has 0 aromatic rings. The first-order valence-corrected chi connectivity index (χ1v) is 1.95. The Bertz CT molecular complexity index is 40.3. The van der Waals surface area contributed by atoms with Gasteiger partial charge in [-0.05, 0) is 0 Å². The van der Waals surface area contributed by atoms with Gasteiger partial charge in [-0.1, -0.05) is 0 Å². The third-order valence-electron chi connectivity index (χ3n) is 0. The topological polar surface area (TPSA) is 57.5 Å². The molecule has 0 fully saturated rings. The van der Waals surface area contributed by atoms with Crippen LogP contribution >= 0.6 is 0 Å². The second-order valence-electron chi connectivity index (χ2n) is 0.283. The van der Waals surface area contributed by atoms with Crippen LogP contribution in [0.15, 0.2) is 0 Å². The van der Waals surface area contributed by atoms with E-state index in [4.69, 9.17) is 14.1 Å². The van der Waals surface area contributed by atoms with Gasteiger partial charge in [-0.2, -0.15) is 0 Å². The molecule has 0 heterocycles. The summed E-state index contributed by atoms with van der Waals surface area (Å²) in [4.78, 5) is 14.3. The molecule has 0 radical (unpaired) electrons. The standard InChI is InChI=1S/Ca.Ga.H2O3Si.5H/c;;1-4(2)3;;;;;/h;;1-2H;;;;;/q+2;;;;;;2*-1. The molecule has 0 rings (SSSR count). The molecule has 34 valence electrons. The van der Waals surface area contributed by atoms with Crippen molar-refractivity contribution in [3.63, 3.8) is 0 Å². The molecule has 0 amide bonds. The van der Waals surface area contributed by atoms with Crippen molar-refractivity contribution in [1.82, 2.24) is 0 Å². The first kappa shape index (κ1) is 15.6. The summed E-state index contributed by atoms with van der Waals surface area (Å²) in [5, 5.41) is 0. The average molecular weight is 193 g/mol. The summed E-state index contributed by atoms with van der Waals surface area (Å²) in [5.41, 5.74) is 0. The van der Waals surface area contributed by atoms with E-state index < -0.39 is 9.17 Å². The summed E-state index contributed by atoms with van der Waals surface area (Å²) in [7, 11) is -3.13. The predicted octanol–water partition coefficient (Wildman–Crippen LogP) is -2.95. The molecular formula is H7CaGaO3Si. The minimum absolute atomic E-state index is 0. The molecule has 0 aromatic carbocycles. The summed E-state index contributed by atoms with van der Waals surface area (Å²) in [6, 6.07) is 0. The van der Waals surface area contributed by atoms with Crippen molar-refractivity contribution in [2.24, 2.45) is 0 Å². The van der Waals surface area contributed by atoms with Gasteiger partial charge in [-0.3, -0.25) is 4.46 Å². The van der Waals surface area contributed by atoms with Crippen LogP contribution in [-0.2, 0) is 4.46 Å². The van der Waals surface area contributed by atoms with Crippen molar-refractivity contribution in [1.29, 1.82) is 0 Å². The summed E-state index contributed by atoms with van der Waals surface area (Å²) in [6.07, 6.45) is 0. The molecule has 0 saturated carbocycles. The average Bonchev–Trinajstić information content (AvgIpc) is 0.811. The van der Waals surface area contributed by atoms with Crippen molar-refractivity contribution in [3.05, 3.63) is 0 Å². The Labute approximate surface area is 82.7 Å². The molecule has 3 nitrogen and oxygen atoms in total. The van der Waals surface area contributed by atoms with Crippen molar-refractivity contribution < 1.29 is 16.9 Å². The van der Waals surface area contributed by atoms with Gasteiger partial charge < -0.3 is 12.4 Å². The van der Waals surface area contributed by atoms with Crippen LogP contribution in [0, 0.1) is 0 Å². The Kier molecular flexibility index (Phi) is 25.3. The molecule has 0 aliphatic heterocycles.